The van der Waals surface area contributed by atoms with E-state index in [9.17, 15) is 13.2 Å². The van der Waals surface area contributed by atoms with Crippen molar-refractivity contribution >= 4 is 27.5 Å². The van der Waals surface area contributed by atoms with Crippen molar-refractivity contribution in [2.75, 3.05) is 0 Å². The fourth-order valence-electron chi connectivity index (χ4n) is 0.812. The van der Waals surface area contributed by atoms with Gasteiger partial charge in [0.2, 0.25) is 5.95 Å². The summed E-state index contributed by atoms with van der Waals surface area (Å²) >= 11 is 8.23. The first kappa shape index (κ1) is 10.8. The highest BCUT2D eigenvalue weighted by atomic mass is 79.9. The number of hydrogen-bond acceptors (Lipinski definition) is 1. The van der Waals surface area contributed by atoms with Crippen LogP contribution < -0.4 is 0 Å². The molecule has 1 aromatic heterocycles. The third-order valence-electron chi connectivity index (χ3n) is 1.41. The summed E-state index contributed by atoms with van der Waals surface area (Å²) in [5.41, 5.74) is -0.375. The van der Waals surface area contributed by atoms with Gasteiger partial charge >= 0.3 is 0 Å². The van der Waals surface area contributed by atoms with Crippen molar-refractivity contribution in [3.05, 3.63) is 28.3 Å². The smallest absolute Gasteiger partial charge is 0.222 e. The van der Waals surface area contributed by atoms with Crippen LogP contribution in [0.3, 0.4) is 0 Å². The van der Waals surface area contributed by atoms with Gasteiger partial charge in [-0.25, -0.2) is 13.8 Å². The lowest BCUT2D eigenvalue weighted by atomic mass is 10.2. The molecule has 0 bridgehead atoms. The molecule has 0 N–H and O–H groups in total. The van der Waals surface area contributed by atoms with Crippen molar-refractivity contribution in [1.82, 2.24) is 4.98 Å². The van der Waals surface area contributed by atoms with E-state index in [-0.39, 0.29) is 21.6 Å². The van der Waals surface area contributed by atoms with E-state index in [1.54, 1.807) is 0 Å². The van der Waals surface area contributed by atoms with Gasteiger partial charge in [0.25, 0.3) is 6.43 Å². The maximum atomic E-state index is 12.7. The molecular weight excluding hydrogens is 270 g/mol. The van der Waals surface area contributed by atoms with Crippen LogP contribution in [0.5, 0.6) is 0 Å². The van der Waals surface area contributed by atoms with Crippen LogP contribution in [0.2, 0.25) is 5.02 Å². The molecule has 0 aromatic carbocycles. The highest BCUT2D eigenvalue weighted by Gasteiger charge is 2.16. The molecule has 1 heterocycles. The van der Waals surface area contributed by atoms with Crippen molar-refractivity contribution in [2.24, 2.45) is 0 Å². The number of aromatic nitrogens is 1. The summed E-state index contributed by atoms with van der Waals surface area (Å²) < 4.78 is 37.3. The number of nitrogens with zero attached hydrogens (tertiary/aromatic N) is 1. The van der Waals surface area contributed by atoms with Crippen LogP contribution in [-0.2, 0) is 5.33 Å². The summed E-state index contributed by atoms with van der Waals surface area (Å²) in [6, 6.07) is 0.894. The third kappa shape index (κ3) is 2.34. The number of rotatable bonds is 2. The first-order chi connectivity index (χ1) is 6.06. The van der Waals surface area contributed by atoms with Gasteiger partial charge < -0.3 is 0 Å². The second-order valence-electron chi connectivity index (χ2n) is 2.23. The molecule has 0 atom stereocenters. The lowest BCUT2D eigenvalue weighted by Crippen LogP contribution is -1.99. The number of hydrogen-bond donors (Lipinski definition) is 0. The van der Waals surface area contributed by atoms with E-state index >= 15 is 0 Å². The van der Waals surface area contributed by atoms with Crippen molar-refractivity contribution < 1.29 is 13.2 Å². The highest BCUT2D eigenvalue weighted by molar-refractivity contribution is 9.08. The zero-order valence-corrected chi connectivity index (χ0v) is 8.54. The molecule has 1 nitrogen and oxygen atoms in total. The average Bonchev–Trinajstić information content (AvgIpc) is 2.08. The maximum absolute atomic E-state index is 12.7. The minimum atomic E-state index is -2.70. The van der Waals surface area contributed by atoms with Gasteiger partial charge in [0.05, 0.1) is 10.7 Å². The molecular formula is C7H4BrClF3N. The molecule has 13 heavy (non-hydrogen) atoms. The second kappa shape index (κ2) is 4.28. The van der Waals surface area contributed by atoms with Gasteiger partial charge in [-0.05, 0) is 6.07 Å². The molecule has 6 heteroatoms. The van der Waals surface area contributed by atoms with Crippen LogP contribution in [0.1, 0.15) is 17.7 Å². The Bertz CT molecular complexity index is 319. The van der Waals surface area contributed by atoms with Gasteiger partial charge in [0.1, 0.15) is 0 Å². The summed E-state index contributed by atoms with van der Waals surface area (Å²) in [5.74, 6) is -0.930. The summed E-state index contributed by atoms with van der Waals surface area (Å²) in [4.78, 5) is 3.29. The van der Waals surface area contributed by atoms with Crippen LogP contribution in [0.25, 0.3) is 0 Å². The maximum Gasteiger partial charge on any atom is 0.265 e. The molecule has 1 aromatic rings. The highest BCUT2D eigenvalue weighted by Crippen LogP contribution is 2.27. The average molecular weight is 274 g/mol. The molecule has 72 valence electrons. The molecule has 0 spiro atoms. The van der Waals surface area contributed by atoms with Crippen LogP contribution in [-0.4, -0.2) is 4.98 Å². The van der Waals surface area contributed by atoms with Crippen LogP contribution in [0, 0.1) is 5.95 Å². The summed E-state index contributed by atoms with van der Waals surface area (Å²) in [6.45, 7) is 0. The normalized spacial score (nSPS) is 10.9. The van der Waals surface area contributed by atoms with Gasteiger partial charge in [-0.3, -0.25) is 0 Å². The van der Waals surface area contributed by atoms with Crippen molar-refractivity contribution in [1.29, 1.82) is 0 Å². The van der Waals surface area contributed by atoms with E-state index in [2.05, 4.69) is 20.9 Å². The first-order valence-electron chi connectivity index (χ1n) is 3.25. The number of pyridine rings is 1. The zero-order chi connectivity index (χ0) is 10.0. The molecule has 0 aliphatic rings. The Labute approximate surface area is 86.0 Å². The quantitative estimate of drug-likeness (QED) is 0.592. The Morgan fingerprint density at radius 3 is 2.62 bits per heavy atom. The molecule has 0 aliphatic carbocycles. The number of halogens is 5. The molecule has 0 radical (unpaired) electrons. The Balaban J connectivity index is 3.25. The Morgan fingerprint density at radius 1 is 1.54 bits per heavy atom. The summed E-state index contributed by atoms with van der Waals surface area (Å²) in [7, 11) is 0. The molecule has 0 unspecified atom stereocenters. The van der Waals surface area contributed by atoms with Crippen molar-refractivity contribution in [3.63, 3.8) is 0 Å². The summed E-state index contributed by atoms with van der Waals surface area (Å²) in [5, 5.41) is -0.319. The van der Waals surface area contributed by atoms with Gasteiger partial charge in [-0.1, -0.05) is 27.5 Å². The van der Waals surface area contributed by atoms with Crippen molar-refractivity contribution in [2.45, 2.75) is 11.8 Å². The molecule has 0 saturated carbocycles. The Kier molecular flexibility index (Phi) is 3.55. The van der Waals surface area contributed by atoms with Crippen LogP contribution >= 0.6 is 27.5 Å². The zero-order valence-electron chi connectivity index (χ0n) is 6.20. The lowest BCUT2D eigenvalue weighted by Gasteiger charge is -2.05. The first-order valence-corrected chi connectivity index (χ1v) is 4.75. The van der Waals surface area contributed by atoms with Gasteiger partial charge in [-0.2, -0.15) is 4.39 Å². The predicted molar refractivity (Wildman–Crippen MR) is 46.8 cm³/mol. The van der Waals surface area contributed by atoms with Crippen LogP contribution in [0.4, 0.5) is 13.2 Å². The van der Waals surface area contributed by atoms with Gasteiger partial charge in [-0.15, -0.1) is 0 Å². The van der Waals surface area contributed by atoms with E-state index in [1.807, 2.05) is 0 Å². The SMILES string of the molecule is Fc1nc(CBr)c(C(F)F)cc1Cl. The molecule has 0 fully saturated rings. The standard InChI is InChI=1S/C7H4BrClF3N/c8-2-5-3(6(10)11)1-4(9)7(12)13-5/h1,6H,2H2. The van der Waals surface area contributed by atoms with E-state index in [1.165, 1.54) is 0 Å². The third-order valence-corrected chi connectivity index (χ3v) is 2.20. The van der Waals surface area contributed by atoms with Crippen molar-refractivity contribution in [3.8, 4) is 0 Å². The largest absolute Gasteiger partial charge is 0.265 e. The minimum absolute atomic E-state index is 0.0306. The fourth-order valence-corrected chi connectivity index (χ4v) is 1.42. The minimum Gasteiger partial charge on any atom is -0.222 e. The van der Waals surface area contributed by atoms with E-state index in [0.717, 1.165) is 6.07 Å². The number of alkyl halides is 3. The molecule has 1 rings (SSSR count). The topological polar surface area (TPSA) is 12.9 Å². The monoisotopic (exact) mass is 273 g/mol. The summed E-state index contributed by atoms with van der Waals surface area (Å²) in [6.07, 6.45) is -2.70. The van der Waals surface area contributed by atoms with E-state index in [4.69, 9.17) is 11.6 Å². The molecule has 0 aliphatic heterocycles. The molecule has 0 amide bonds. The van der Waals surface area contributed by atoms with E-state index < -0.39 is 12.4 Å². The fraction of sp³-hybridized carbons (Fsp3) is 0.286. The Hall–Kier alpha value is -0.290. The lowest BCUT2D eigenvalue weighted by molar-refractivity contribution is 0.150. The predicted octanol–water partition coefficient (Wildman–Crippen LogP) is 3.71. The second-order valence-corrected chi connectivity index (χ2v) is 3.20. The van der Waals surface area contributed by atoms with E-state index in [0.29, 0.717) is 0 Å². The van der Waals surface area contributed by atoms with Gasteiger partial charge in [0, 0.05) is 10.9 Å². The molecule has 0 saturated heterocycles. The van der Waals surface area contributed by atoms with Crippen LogP contribution in [0.15, 0.2) is 6.07 Å². The Morgan fingerprint density at radius 2 is 2.15 bits per heavy atom. The van der Waals surface area contributed by atoms with Gasteiger partial charge in [0.15, 0.2) is 0 Å².